The molecular weight excluding hydrogens is 313 g/mol. The first-order valence-corrected chi connectivity index (χ1v) is 6.59. The number of benzene rings is 2. The molecule has 3 nitrogen and oxygen atoms in total. The number of anilines is 1. The molecule has 2 aromatic carbocycles. The van der Waals surface area contributed by atoms with Crippen LogP contribution in [0.25, 0.3) is 0 Å². The van der Waals surface area contributed by atoms with Crippen LogP contribution in [-0.4, -0.2) is 6.79 Å². The van der Waals surface area contributed by atoms with Crippen molar-refractivity contribution in [1.82, 2.24) is 0 Å². The van der Waals surface area contributed by atoms with E-state index in [2.05, 4.69) is 21.2 Å². The van der Waals surface area contributed by atoms with Gasteiger partial charge in [-0.3, -0.25) is 0 Å². The number of nitrogens with one attached hydrogen (secondary N) is 1. The highest BCUT2D eigenvalue weighted by Gasteiger charge is 2.16. The van der Waals surface area contributed by atoms with Crippen molar-refractivity contribution in [3.05, 3.63) is 52.3 Å². The van der Waals surface area contributed by atoms with Crippen LogP contribution < -0.4 is 14.8 Å². The largest absolute Gasteiger partial charge is 0.454 e. The first kappa shape index (κ1) is 12.3. The summed E-state index contributed by atoms with van der Waals surface area (Å²) in [6, 6.07) is 10.2. The number of hydrogen-bond acceptors (Lipinski definition) is 3. The lowest BCUT2D eigenvalue weighted by molar-refractivity contribution is 0.174. The van der Waals surface area contributed by atoms with E-state index in [1.807, 2.05) is 18.2 Å². The van der Waals surface area contributed by atoms with Gasteiger partial charge in [0.05, 0.1) is 0 Å². The van der Waals surface area contributed by atoms with Gasteiger partial charge >= 0.3 is 0 Å². The van der Waals surface area contributed by atoms with E-state index in [0.29, 0.717) is 6.54 Å². The summed E-state index contributed by atoms with van der Waals surface area (Å²) in [6.45, 7) is 0.823. The van der Waals surface area contributed by atoms with E-state index in [1.165, 1.54) is 12.1 Å². The Morgan fingerprint density at radius 1 is 1.16 bits per heavy atom. The van der Waals surface area contributed by atoms with Crippen LogP contribution in [0.3, 0.4) is 0 Å². The Labute approximate surface area is 118 Å². The third kappa shape index (κ3) is 2.66. The Hall–Kier alpha value is -1.75. The maximum atomic E-state index is 13.1. The predicted molar refractivity (Wildman–Crippen MR) is 74.0 cm³/mol. The normalized spacial score (nSPS) is 12.5. The highest BCUT2D eigenvalue weighted by Crippen LogP contribution is 2.37. The van der Waals surface area contributed by atoms with Crippen LogP contribution >= 0.6 is 15.9 Å². The molecule has 3 rings (SSSR count). The summed E-state index contributed by atoms with van der Waals surface area (Å²) in [4.78, 5) is 0. The molecule has 0 saturated carbocycles. The number of rotatable bonds is 3. The fourth-order valence-corrected chi connectivity index (χ4v) is 2.35. The molecule has 0 unspecified atom stereocenters. The molecule has 1 aliphatic heterocycles. The summed E-state index contributed by atoms with van der Waals surface area (Å²) >= 11 is 3.49. The van der Waals surface area contributed by atoms with Crippen LogP contribution in [-0.2, 0) is 6.54 Å². The highest BCUT2D eigenvalue weighted by molar-refractivity contribution is 9.10. The molecule has 0 aromatic heterocycles. The third-order valence-corrected chi connectivity index (χ3v) is 3.59. The summed E-state index contributed by atoms with van der Waals surface area (Å²) in [5.41, 5.74) is 1.76. The number of hydrogen-bond donors (Lipinski definition) is 1. The summed E-state index contributed by atoms with van der Waals surface area (Å²) in [5, 5.41) is 3.17. The monoisotopic (exact) mass is 323 g/mol. The van der Waals surface area contributed by atoms with E-state index < -0.39 is 0 Å². The van der Waals surface area contributed by atoms with Gasteiger partial charge < -0.3 is 14.8 Å². The van der Waals surface area contributed by atoms with Gasteiger partial charge in [0, 0.05) is 16.7 Å². The van der Waals surface area contributed by atoms with Crippen molar-refractivity contribution >= 4 is 21.6 Å². The average molecular weight is 324 g/mol. The van der Waals surface area contributed by atoms with Gasteiger partial charge in [-0.1, -0.05) is 22.0 Å². The fraction of sp³-hybridized carbons (Fsp3) is 0.143. The molecule has 0 atom stereocenters. The third-order valence-electron chi connectivity index (χ3n) is 2.85. The van der Waals surface area contributed by atoms with Gasteiger partial charge in [0.2, 0.25) is 6.79 Å². The second-order valence-electron chi connectivity index (χ2n) is 4.16. The van der Waals surface area contributed by atoms with Crippen molar-refractivity contribution in [1.29, 1.82) is 0 Å². The average Bonchev–Trinajstić information content (AvgIpc) is 2.83. The quantitative estimate of drug-likeness (QED) is 0.928. The lowest BCUT2D eigenvalue weighted by Crippen LogP contribution is -2.00. The summed E-state index contributed by atoms with van der Waals surface area (Å²) in [5.74, 6) is 1.22. The summed E-state index contributed by atoms with van der Waals surface area (Å²) in [7, 11) is 0. The van der Waals surface area contributed by atoms with Crippen molar-refractivity contribution in [3.63, 3.8) is 0 Å². The first-order valence-electron chi connectivity index (χ1n) is 5.80. The molecular formula is C14H11BrFNO2. The number of fused-ring (bicyclic) bond motifs is 1. The molecule has 1 heterocycles. The molecule has 0 aliphatic carbocycles. The standard InChI is InChI=1S/C14H11BrFNO2/c15-12-6-14-13(18-8-19-14)4-9(12)7-17-11-3-1-2-10(16)5-11/h1-6,17H,7-8H2. The summed E-state index contributed by atoms with van der Waals surface area (Å²) < 4.78 is 24.6. The molecule has 2 aromatic rings. The molecule has 0 radical (unpaired) electrons. The Balaban J connectivity index is 1.77. The molecule has 1 aliphatic rings. The van der Waals surface area contributed by atoms with Gasteiger partial charge in [0.15, 0.2) is 11.5 Å². The van der Waals surface area contributed by atoms with Gasteiger partial charge in [0.1, 0.15) is 5.82 Å². The minimum atomic E-state index is -0.255. The van der Waals surface area contributed by atoms with Crippen LogP contribution in [0, 0.1) is 5.82 Å². The second kappa shape index (κ2) is 5.09. The SMILES string of the molecule is Fc1cccc(NCc2cc3c(cc2Br)OCO3)c1. The molecule has 5 heteroatoms. The highest BCUT2D eigenvalue weighted by atomic mass is 79.9. The van der Waals surface area contributed by atoms with E-state index in [9.17, 15) is 4.39 Å². The predicted octanol–water partition coefficient (Wildman–Crippen LogP) is 3.93. The van der Waals surface area contributed by atoms with Gasteiger partial charge in [-0.25, -0.2) is 4.39 Å². The topological polar surface area (TPSA) is 30.5 Å². The van der Waals surface area contributed by atoms with Crippen LogP contribution in [0.15, 0.2) is 40.9 Å². The van der Waals surface area contributed by atoms with Crippen LogP contribution in [0.2, 0.25) is 0 Å². The Morgan fingerprint density at radius 2 is 1.95 bits per heavy atom. The van der Waals surface area contributed by atoms with Crippen molar-refractivity contribution < 1.29 is 13.9 Å². The number of halogens is 2. The van der Waals surface area contributed by atoms with Crippen LogP contribution in [0.1, 0.15) is 5.56 Å². The first-order chi connectivity index (χ1) is 9.22. The minimum Gasteiger partial charge on any atom is -0.454 e. The zero-order valence-electron chi connectivity index (χ0n) is 9.95. The summed E-state index contributed by atoms with van der Waals surface area (Å²) in [6.07, 6.45) is 0. The van der Waals surface area contributed by atoms with Crippen LogP contribution in [0.4, 0.5) is 10.1 Å². The van der Waals surface area contributed by atoms with Gasteiger partial charge in [0.25, 0.3) is 0 Å². The second-order valence-corrected chi connectivity index (χ2v) is 5.02. The lowest BCUT2D eigenvalue weighted by atomic mass is 10.2. The van der Waals surface area contributed by atoms with Gasteiger partial charge in [-0.2, -0.15) is 0 Å². The van der Waals surface area contributed by atoms with Crippen molar-refractivity contribution in [2.75, 3.05) is 12.1 Å². The molecule has 1 N–H and O–H groups in total. The van der Waals surface area contributed by atoms with Gasteiger partial charge in [-0.15, -0.1) is 0 Å². The van der Waals surface area contributed by atoms with E-state index in [1.54, 1.807) is 6.07 Å². The minimum absolute atomic E-state index is 0.253. The van der Waals surface area contributed by atoms with E-state index >= 15 is 0 Å². The molecule has 0 spiro atoms. The molecule has 0 bridgehead atoms. The Kier molecular flexibility index (Phi) is 3.29. The zero-order chi connectivity index (χ0) is 13.2. The van der Waals surface area contributed by atoms with E-state index in [4.69, 9.17) is 9.47 Å². The molecule has 0 amide bonds. The molecule has 19 heavy (non-hydrogen) atoms. The molecule has 98 valence electrons. The van der Waals surface area contributed by atoms with Crippen molar-refractivity contribution in [2.24, 2.45) is 0 Å². The molecule has 0 fully saturated rings. The maximum absolute atomic E-state index is 13.1. The Morgan fingerprint density at radius 3 is 2.74 bits per heavy atom. The lowest BCUT2D eigenvalue weighted by Gasteiger charge is -2.09. The fourth-order valence-electron chi connectivity index (χ4n) is 1.89. The van der Waals surface area contributed by atoms with Gasteiger partial charge in [-0.05, 0) is 35.9 Å². The number of ether oxygens (including phenoxy) is 2. The maximum Gasteiger partial charge on any atom is 0.231 e. The Bertz CT molecular complexity index is 618. The molecule has 0 saturated heterocycles. The smallest absolute Gasteiger partial charge is 0.231 e. The van der Waals surface area contributed by atoms with Crippen molar-refractivity contribution in [3.8, 4) is 11.5 Å². The van der Waals surface area contributed by atoms with E-state index in [0.717, 1.165) is 27.2 Å². The van der Waals surface area contributed by atoms with Crippen LogP contribution in [0.5, 0.6) is 11.5 Å². The zero-order valence-corrected chi connectivity index (χ0v) is 11.5. The van der Waals surface area contributed by atoms with E-state index in [-0.39, 0.29) is 12.6 Å². The van der Waals surface area contributed by atoms with Crippen molar-refractivity contribution in [2.45, 2.75) is 6.54 Å².